The Morgan fingerprint density at radius 1 is 1.13 bits per heavy atom. The number of carbonyl (C=O) groups excluding carboxylic acids is 1. The van der Waals surface area contributed by atoms with Gasteiger partial charge in [-0.3, -0.25) is 9.67 Å². The van der Waals surface area contributed by atoms with Crippen molar-refractivity contribution in [3.05, 3.63) is 60.6 Å². The van der Waals surface area contributed by atoms with E-state index in [1.54, 1.807) is 12.4 Å². The van der Waals surface area contributed by atoms with Crippen molar-refractivity contribution < 1.29 is 9.53 Å². The van der Waals surface area contributed by atoms with Crippen molar-refractivity contribution in [3.63, 3.8) is 0 Å². The van der Waals surface area contributed by atoms with Crippen LogP contribution in [0.1, 0.15) is 44.3 Å². The smallest absolute Gasteiger partial charge is 0.319 e. The van der Waals surface area contributed by atoms with E-state index in [9.17, 15) is 4.79 Å². The monoisotopic (exact) mass is 405 g/mol. The number of rotatable bonds is 7. The third-order valence-corrected chi connectivity index (χ3v) is 5.29. The number of anilines is 1. The summed E-state index contributed by atoms with van der Waals surface area (Å²) in [6.07, 6.45) is 8.35. The first-order chi connectivity index (χ1) is 14.7. The molecular weight excluding hydrogens is 378 g/mol. The van der Waals surface area contributed by atoms with Gasteiger partial charge in [0.15, 0.2) is 0 Å². The number of urea groups is 1. The number of aromatic nitrogens is 3. The predicted molar refractivity (Wildman–Crippen MR) is 116 cm³/mol. The molecule has 0 radical (unpaired) electrons. The Hall–Kier alpha value is -3.35. The van der Waals surface area contributed by atoms with E-state index in [4.69, 9.17) is 9.84 Å². The van der Waals surface area contributed by atoms with Crippen molar-refractivity contribution in [2.24, 2.45) is 0 Å². The van der Waals surface area contributed by atoms with Crippen LogP contribution in [-0.4, -0.2) is 27.4 Å². The second-order valence-electron chi connectivity index (χ2n) is 7.40. The Kier molecular flexibility index (Phi) is 6.27. The third-order valence-electron chi connectivity index (χ3n) is 5.29. The van der Waals surface area contributed by atoms with E-state index in [0.717, 1.165) is 35.5 Å². The molecule has 0 saturated heterocycles. The zero-order chi connectivity index (χ0) is 20.8. The van der Waals surface area contributed by atoms with Crippen molar-refractivity contribution in [2.75, 3.05) is 11.9 Å². The zero-order valence-electron chi connectivity index (χ0n) is 17.2. The van der Waals surface area contributed by atoms with Gasteiger partial charge in [-0.2, -0.15) is 5.10 Å². The highest BCUT2D eigenvalue weighted by molar-refractivity contribution is 5.89. The Morgan fingerprint density at radius 3 is 2.57 bits per heavy atom. The Balaban J connectivity index is 1.42. The summed E-state index contributed by atoms with van der Waals surface area (Å²) in [7, 11) is 0. The SMILES string of the molecule is CCOc1ccc(NC(=O)NCc2cc(-c3ccncc3)n(C3CCCC3)n2)cc1. The number of carbonyl (C=O) groups is 1. The van der Waals surface area contributed by atoms with Crippen molar-refractivity contribution in [1.82, 2.24) is 20.1 Å². The minimum absolute atomic E-state index is 0.264. The Morgan fingerprint density at radius 2 is 1.87 bits per heavy atom. The Bertz CT molecular complexity index is 963. The van der Waals surface area contributed by atoms with Gasteiger partial charge in [-0.15, -0.1) is 0 Å². The lowest BCUT2D eigenvalue weighted by atomic mass is 10.1. The van der Waals surface area contributed by atoms with Crippen molar-refractivity contribution in [3.8, 4) is 17.0 Å². The number of ether oxygens (including phenoxy) is 1. The summed E-state index contributed by atoms with van der Waals surface area (Å²) in [6.45, 7) is 2.91. The van der Waals surface area contributed by atoms with E-state index in [1.165, 1.54) is 12.8 Å². The predicted octanol–water partition coefficient (Wildman–Crippen LogP) is 4.78. The number of pyridine rings is 1. The van der Waals surface area contributed by atoms with Crippen LogP contribution in [0.25, 0.3) is 11.3 Å². The highest BCUT2D eigenvalue weighted by Gasteiger charge is 2.22. The molecule has 1 aromatic carbocycles. The maximum Gasteiger partial charge on any atom is 0.319 e. The highest BCUT2D eigenvalue weighted by atomic mass is 16.5. The molecular formula is C23H27N5O2. The first kappa shape index (κ1) is 19.9. The lowest BCUT2D eigenvalue weighted by Crippen LogP contribution is -2.28. The molecule has 3 aromatic rings. The fraction of sp³-hybridized carbons (Fsp3) is 0.348. The largest absolute Gasteiger partial charge is 0.494 e. The maximum atomic E-state index is 12.3. The van der Waals surface area contributed by atoms with Crippen LogP contribution in [0.2, 0.25) is 0 Å². The standard InChI is InChI=1S/C23H27N5O2/c1-2-30-21-9-7-18(8-10-21)26-23(29)25-16-19-15-22(17-11-13-24-14-12-17)28(27-19)20-5-3-4-6-20/h7-15,20H,2-6,16H2,1H3,(H2,25,26,29). The molecule has 7 nitrogen and oxygen atoms in total. The van der Waals surface area contributed by atoms with Gasteiger partial charge < -0.3 is 15.4 Å². The zero-order valence-corrected chi connectivity index (χ0v) is 17.2. The fourth-order valence-corrected chi connectivity index (χ4v) is 3.84. The number of amides is 2. The van der Waals surface area contributed by atoms with Crippen LogP contribution in [0.15, 0.2) is 54.9 Å². The molecule has 0 spiro atoms. The first-order valence-electron chi connectivity index (χ1n) is 10.5. The topological polar surface area (TPSA) is 81.1 Å². The van der Waals surface area contributed by atoms with Crippen molar-refractivity contribution >= 4 is 11.7 Å². The van der Waals surface area contributed by atoms with Crippen LogP contribution in [0.5, 0.6) is 5.75 Å². The molecule has 30 heavy (non-hydrogen) atoms. The minimum Gasteiger partial charge on any atom is -0.494 e. The van der Waals surface area contributed by atoms with Crippen molar-refractivity contribution in [2.45, 2.75) is 45.2 Å². The normalized spacial score (nSPS) is 13.9. The number of hydrogen-bond acceptors (Lipinski definition) is 4. The number of benzene rings is 1. The number of hydrogen-bond donors (Lipinski definition) is 2. The molecule has 1 saturated carbocycles. The summed E-state index contributed by atoms with van der Waals surface area (Å²) in [5.41, 5.74) is 3.72. The molecule has 2 amide bonds. The summed E-state index contributed by atoms with van der Waals surface area (Å²) in [4.78, 5) is 16.4. The summed E-state index contributed by atoms with van der Waals surface area (Å²) < 4.78 is 7.55. The second kappa shape index (κ2) is 9.43. The van der Waals surface area contributed by atoms with Crippen LogP contribution in [0.3, 0.4) is 0 Å². The molecule has 1 fully saturated rings. The third kappa shape index (κ3) is 4.79. The van der Waals surface area contributed by atoms with Gasteiger partial charge in [-0.1, -0.05) is 12.8 Å². The average molecular weight is 406 g/mol. The van der Waals surface area contributed by atoms with E-state index in [1.807, 2.05) is 43.3 Å². The quantitative estimate of drug-likeness (QED) is 0.593. The van der Waals surface area contributed by atoms with E-state index < -0.39 is 0 Å². The fourth-order valence-electron chi connectivity index (χ4n) is 3.84. The van der Waals surface area contributed by atoms with E-state index >= 15 is 0 Å². The van der Waals surface area contributed by atoms with E-state index in [-0.39, 0.29) is 6.03 Å². The maximum absolute atomic E-state index is 12.3. The molecule has 0 bridgehead atoms. The second-order valence-corrected chi connectivity index (χ2v) is 7.40. The molecule has 1 aliphatic carbocycles. The Labute approximate surface area is 176 Å². The van der Waals surface area contributed by atoms with Gasteiger partial charge in [0.2, 0.25) is 0 Å². The van der Waals surface area contributed by atoms with Gasteiger partial charge in [0.1, 0.15) is 5.75 Å². The molecule has 156 valence electrons. The van der Waals surface area contributed by atoms with Gasteiger partial charge in [0.25, 0.3) is 0 Å². The van der Waals surface area contributed by atoms with Gasteiger partial charge in [0, 0.05) is 23.6 Å². The first-order valence-corrected chi connectivity index (χ1v) is 10.5. The van der Waals surface area contributed by atoms with E-state index in [2.05, 4.69) is 26.4 Å². The lowest BCUT2D eigenvalue weighted by molar-refractivity contribution is 0.251. The van der Waals surface area contributed by atoms with Crippen LogP contribution in [-0.2, 0) is 6.54 Å². The molecule has 2 N–H and O–H groups in total. The lowest BCUT2D eigenvalue weighted by Gasteiger charge is -2.14. The molecule has 2 aromatic heterocycles. The van der Waals surface area contributed by atoms with E-state index in [0.29, 0.717) is 24.9 Å². The summed E-state index contributed by atoms with van der Waals surface area (Å²) in [6, 6.07) is 13.5. The molecule has 0 aliphatic heterocycles. The van der Waals surface area contributed by atoms with Gasteiger partial charge in [0.05, 0.1) is 30.6 Å². The molecule has 1 aliphatic rings. The number of nitrogens with zero attached hydrogens (tertiary/aromatic N) is 3. The summed E-state index contributed by atoms with van der Waals surface area (Å²) in [5.74, 6) is 0.782. The summed E-state index contributed by atoms with van der Waals surface area (Å²) >= 11 is 0. The molecule has 0 unspecified atom stereocenters. The summed E-state index contributed by atoms with van der Waals surface area (Å²) in [5, 5.41) is 10.6. The van der Waals surface area contributed by atoms with Crippen LogP contribution >= 0.6 is 0 Å². The average Bonchev–Trinajstić information content (AvgIpc) is 3.44. The molecule has 0 atom stereocenters. The van der Waals surface area contributed by atoms with Gasteiger partial charge >= 0.3 is 6.03 Å². The number of nitrogens with one attached hydrogen (secondary N) is 2. The van der Waals surface area contributed by atoms with Crippen LogP contribution < -0.4 is 15.4 Å². The van der Waals surface area contributed by atoms with Crippen LogP contribution in [0.4, 0.5) is 10.5 Å². The minimum atomic E-state index is -0.264. The highest BCUT2D eigenvalue weighted by Crippen LogP contribution is 2.33. The van der Waals surface area contributed by atoms with Crippen LogP contribution in [0, 0.1) is 0 Å². The molecule has 2 heterocycles. The van der Waals surface area contributed by atoms with Gasteiger partial charge in [-0.05, 0) is 62.2 Å². The molecule has 7 heteroatoms. The molecule has 4 rings (SSSR count). The van der Waals surface area contributed by atoms with Gasteiger partial charge in [-0.25, -0.2) is 4.79 Å². The van der Waals surface area contributed by atoms with Crippen molar-refractivity contribution in [1.29, 1.82) is 0 Å².